The normalized spacial score (nSPS) is 16.9. The van der Waals surface area contributed by atoms with Crippen LogP contribution in [0.1, 0.15) is 55.5 Å². The molecule has 2 unspecified atom stereocenters. The Bertz CT molecular complexity index is 1550. The standard InChI is InChI=1S/C34H37F3N2O5S/c1-6-42-32(41)33(4,5)44-28-21(2)18-23(19-22(28)3)20-38-30(40)29-27(16-17-43-26-10-8-7-9-11-26)39-31(45-29)24-12-14-25(15-13-24)34(35,36)37/h7-15,18-19,21,28H,6,16-17,20H2,1-5H3,(H,38,40). The fourth-order valence-corrected chi connectivity index (χ4v) is 5.95. The Hall–Kier alpha value is -3.96. The van der Waals surface area contributed by atoms with Crippen LogP contribution in [0.25, 0.3) is 10.6 Å². The van der Waals surface area contributed by atoms with E-state index in [0.717, 1.165) is 34.6 Å². The maximum Gasteiger partial charge on any atom is 0.416 e. The summed E-state index contributed by atoms with van der Waals surface area (Å²) in [5, 5.41) is 3.40. The van der Waals surface area contributed by atoms with E-state index in [2.05, 4.69) is 10.3 Å². The summed E-state index contributed by atoms with van der Waals surface area (Å²) in [5.41, 5.74) is 0.886. The fourth-order valence-electron chi connectivity index (χ4n) is 4.91. The van der Waals surface area contributed by atoms with Crippen molar-refractivity contribution in [1.29, 1.82) is 0 Å². The highest BCUT2D eigenvalue weighted by Crippen LogP contribution is 2.34. The van der Waals surface area contributed by atoms with Crippen LogP contribution in [0.5, 0.6) is 5.75 Å². The minimum absolute atomic E-state index is 0.0732. The van der Waals surface area contributed by atoms with Crippen molar-refractivity contribution in [3.05, 3.63) is 94.0 Å². The molecule has 240 valence electrons. The first-order valence-electron chi connectivity index (χ1n) is 14.7. The van der Waals surface area contributed by atoms with Gasteiger partial charge in [-0.2, -0.15) is 13.2 Å². The molecule has 0 aliphatic heterocycles. The lowest BCUT2D eigenvalue weighted by atomic mass is 9.88. The average molecular weight is 643 g/mol. The highest BCUT2D eigenvalue weighted by Gasteiger charge is 2.36. The van der Waals surface area contributed by atoms with Gasteiger partial charge in [-0.15, -0.1) is 11.3 Å². The highest BCUT2D eigenvalue weighted by molar-refractivity contribution is 7.17. The Morgan fingerprint density at radius 2 is 1.73 bits per heavy atom. The Balaban J connectivity index is 1.48. The van der Waals surface area contributed by atoms with Gasteiger partial charge in [0, 0.05) is 24.4 Å². The van der Waals surface area contributed by atoms with Crippen molar-refractivity contribution >= 4 is 23.2 Å². The van der Waals surface area contributed by atoms with E-state index >= 15 is 0 Å². The molecule has 11 heteroatoms. The van der Waals surface area contributed by atoms with Gasteiger partial charge in [0.1, 0.15) is 15.6 Å². The molecule has 7 nitrogen and oxygen atoms in total. The molecule has 0 bridgehead atoms. The predicted molar refractivity (Wildman–Crippen MR) is 167 cm³/mol. The van der Waals surface area contributed by atoms with Crippen molar-refractivity contribution in [3.63, 3.8) is 0 Å². The zero-order valence-corrected chi connectivity index (χ0v) is 26.7. The van der Waals surface area contributed by atoms with Crippen LogP contribution in [0.3, 0.4) is 0 Å². The largest absolute Gasteiger partial charge is 0.493 e. The Morgan fingerprint density at radius 3 is 2.36 bits per heavy atom. The highest BCUT2D eigenvalue weighted by atomic mass is 32.1. The van der Waals surface area contributed by atoms with E-state index in [4.69, 9.17) is 14.2 Å². The minimum atomic E-state index is -4.45. The Labute approximate surface area is 265 Å². The molecule has 0 saturated carbocycles. The van der Waals surface area contributed by atoms with Crippen molar-refractivity contribution < 1.29 is 37.0 Å². The third kappa shape index (κ3) is 8.82. The number of nitrogens with zero attached hydrogens (tertiary/aromatic N) is 1. The summed E-state index contributed by atoms with van der Waals surface area (Å²) in [6.07, 6.45) is -0.543. The van der Waals surface area contributed by atoms with Crippen LogP contribution in [0.2, 0.25) is 0 Å². The number of hydrogen-bond acceptors (Lipinski definition) is 7. The molecule has 1 aliphatic rings. The molecule has 1 aliphatic carbocycles. The average Bonchev–Trinajstić information content (AvgIpc) is 3.42. The summed E-state index contributed by atoms with van der Waals surface area (Å²) in [6, 6.07) is 14.0. The number of thiazole rings is 1. The molecule has 0 radical (unpaired) electrons. The van der Waals surface area contributed by atoms with E-state index in [1.165, 1.54) is 12.1 Å². The quantitative estimate of drug-likeness (QED) is 0.207. The van der Waals surface area contributed by atoms with E-state index in [9.17, 15) is 22.8 Å². The maximum absolute atomic E-state index is 13.5. The van der Waals surface area contributed by atoms with Crippen molar-refractivity contribution in [2.45, 2.75) is 58.9 Å². The molecule has 2 aromatic carbocycles. The van der Waals surface area contributed by atoms with Crippen molar-refractivity contribution in [2.24, 2.45) is 5.92 Å². The van der Waals surface area contributed by atoms with Crippen molar-refractivity contribution in [3.8, 4) is 16.3 Å². The van der Waals surface area contributed by atoms with E-state index in [-0.39, 0.29) is 37.7 Å². The Morgan fingerprint density at radius 1 is 1.04 bits per heavy atom. The predicted octanol–water partition coefficient (Wildman–Crippen LogP) is 7.43. The van der Waals surface area contributed by atoms with Crippen molar-refractivity contribution in [1.82, 2.24) is 10.3 Å². The molecule has 3 aromatic rings. The minimum Gasteiger partial charge on any atom is -0.493 e. The second kappa shape index (κ2) is 14.4. The van der Waals surface area contributed by atoms with Crippen LogP contribution in [-0.4, -0.2) is 48.3 Å². The van der Waals surface area contributed by atoms with Gasteiger partial charge in [-0.05, 0) is 63.1 Å². The van der Waals surface area contributed by atoms with Crippen LogP contribution < -0.4 is 10.1 Å². The summed E-state index contributed by atoms with van der Waals surface area (Å²) in [4.78, 5) is 30.8. The summed E-state index contributed by atoms with van der Waals surface area (Å²) >= 11 is 1.12. The molecule has 0 spiro atoms. The summed E-state index contributed by atoms with van der Waals surface area (Å²) in [5.74, 6) is -0.176. The third-order valence-electron chi connectivity index (χ3n) is 7.17. The van der Waals surface area contributed by atoms with Gasteiger partial charge in [0.2, 0.25) is 0 Å². The summed E-state index contributed by atoms with van der Waals surface area (Å²) in [7, 11) is 0. The third-order valence-corrected chi connectivity index (χ3v) is 8.32. The molecular weight excluding hydrogens is 605 g/mol. The summed E-state index contributed by atoms with van der Waals surface area (Å²) < 4.78 is 56.4. The number of carbonyl (C=O) groups is 2. The van der Waals surface area contributed by atoms with E-state index < -0.39 is 23.3 Å². The molecule has 2 atom stereocenters. The number of alkyl halides is 3. The number of amides is 1. The zero-order valence-electron chi connectivity index (χ0n) is 25.9. The van der Waals surface area contributed by atoms with E-state index in [1.54, 1.807) is 20.8 Å². The molecule has 0 fully saturated rings. The number of ether oxygens (including phenoxy) is 3. The summed E-state index contributed by atoms with van der Waals surface area (Å²) in [6.45, 7) is 9.77. The topological polar surface area (TPSA) is 86.8 Å². The Kier molecular flexibility index (Phi) is 10.9. The van der Waals surface area contributed by atoms with Gasteiger partial charge in [0.15, 0.2) is 5.60 Å². The molecule has 1 amide bonds. The molecule has 1 N–H and O–H groups in total. The SMILES string of the molecule is CCOC(=O)C(C)(C)OC1C(C)=CC(CNC(=O)c2sc(-c3ccc(C(F)(F)F)cc3)nc2CCOc2ccccc2)=CC1C. The number of esters is 1. The lowest BCUT2D eigenvalue weighted by molar-refractivity contribution is -0.173. The number of halogens is 3. The number of para-hydroxylation sites is 1. The molecular formula is C34H37F3N2O5S. The van der Waals surface area contributed by atoms with Crippen LogP contribution >= 0.6 is 11.3 Å². The van der Waals surface area contributed by atoms with Gasteiger partial charge < -0.3 is 19.5 Å². The van der Waals surface area contributed by atoms with Crippen LogP contribution in [0.15, 0.2) is 77.9 Å². The van der Waals surface area contributed by atoms with Crippen LogP contribution in [0, 0.1) is 5.92 Å². The number of hydrogen-bond donors (Lipinski definition) is 1. The van der Waals surface area contributed by atoms with Crippen LogP contribution in [-0.2, 0) is 26.9 Å². The van der Waals surface area contributed by atoms with Gasteiger partial charge in [-0.3, -0.25) is 4.79 Å². The number of rotatable bonds is 12. The molecule has 1 aromatic heterocycles. The van der Waals surface area contributed by atoms with E-state index in [0.29, 0.717) is 33.3 Å². The van der Waals surface area contributed by atoms with Crippen LogP contribution in [0.4, 0.5) is 13.2 Å². The number of benzene rings is 2. The van der Waals surface area contributed by atoms with Gasteiger partial charge in [-0.1, -0.05) is 49.4 Å². The molecule has 1 heterocycles. The van der Waals surface area contributed by atoms with Gasteiger partial charge in [-0.25, -0.2) is 9.78 Å². The lowest BCUT2D eigenvalue weighted by Crippen LogP contribution is -2.43. The second-order valence-corrected chi connectivity index (χ2v) is 12.2. The lowest BCUT2D eigenvalue weighted by Gasteiger charge is -2.34. The zero-order chi connectivity index (χ0) is 32.8. The number of nitrogens with one attached hydrogen (secondary N) is 1. The van der Waals surface area contributed by atoms with Gasteiger partial charge >= 0.3 is 12.1 Å². The molecule has 0 saturated heterocycles. The first-order valence-corrected chi connectivity index (χ1v) is 15.5. The first kappa shape index (κ1) is 33.9. The van der Waals surface area contributed by atoms with Crippen molar-refractivity contribution in [2.75, 3.05) is 19.8 Å². The number of carbonyl (C=O) groups excluding carboxylic acids is 2. The smallest absolute Gasteiger partial charge is 0.416 e. The molecule has 45 heavy (non-hydrogen) atoms. The number of aromatic nitrogens is 1. The molecule has 4 rings (SSSR count). The fraction of sp³-hybridized carbons (Fsp3) is 0.382. The van der Waals surface area contributed by atoms with Gasteiger partial charge in [0.05, 0.1) is 30.6 Å². The maximum atomic E-state index is 13.5. The second-order valence-electron chi connectivity index (χ2n) is 11.2. The van der Waals surface area contributed by atoms with E-state index in [1.807, 2.05) is 56.3 Å². The van der Waals surface area contributed by atoms with Gasteiger partial charge in [0.25, 0.3) is 5.91 Å². The monoisotopic (exact) mass is 642 g/mol. The first-order chi connectivity index (χ1) is 21.3.